The van der Waals surface area contributed by atoms with Crippen molar-refractivity contribution in [3.05, 3.63) is 23.8 Å². The highest BCUT2D eigenvalue weighted by atomic mass is 16.6. The Kier molecular flexibility index (Phi) is 3.61. The normalized spacial score (nSPS) is 12.9. The van der Waals surface area contributed by atoms with E-state index in [2.05, 4.69) is 0 Å². The number of unbranched alkanes of at least 4 members (excludes halogenated alkanes) is 1. The van der Waals surface area contributed by atoms with Crippen LogP contribution in [0.4, 0.5) is 0 Å². The molecule has 1 aliphatic rings. The highest BCUT2D eigenvalue weighted by molar-refractivity contribution is 5.96. The SMILES string of the molecule is N#CCCCC(=O)c1ccc2c(c1)OCCO2. The quantitative estimate of drug-likeness (QED) is 0.589. The summed E-state index contributed by atoms with van der Waals surface area (Å²) >= 11 is 0. The van der Waals surface area contributed by atoms with Gasteiger partial charge < -0.3 is 9.47 Å². The van der Waals surface area contributed by atoms with Crippen LogP contribution in [0.2, 0.25) is 0 Å². The number of hydrogen-bond donors (Lipinski definition) is 0. The van der Waals surface area contributed by atoms with Gasteiger partial charge in [-0.3, -0.25) is 4.79 Å². The van der Waals surface area contributed by atoms with Crippen LogP contribution in [0.15, 0.2) is 18.2 Å². The number of Topliss-reactive ketones (excluding diaryl/α,β-unsaturated/α-hetero) is 1. The Hall–Kier alpha value is -2.02. The molecule has 1 aliphatic heterocycles. The molecule has 2 rings (SSSR count). The Labute approximate surface area is 99.8 Å². The number of rotatable bonds is 4. The van der Waals surface area contributed by atoms with Gasteiger partial charge in [0.05, 0.1) is 6.07 Å². The summed E-state index contributed by atoms with van der Waals surface area (Å²) in [5, 5.41) is 8.41. The maximum atomic E-state index is 11.8. The first-order valence-electron chi connectivity index (χ1n) is 5.61. The van der Waals surface area contributed by atoms with Crippen LogP contribution in [0.3, 0.4) is 0 Å². The van der Waals surface area contributed by atoms with Gasteiger partial charge in [-0.05, 0) is 24.6 Å². The summed E-state index contributed by atoms with van der Waals surface area (Å²) in [5.41, 5.74) is 0.618. The van der Waals surface area contributed by atoms with E-state index in [1.54, 1.807) is 18.2 Å². The Morgan fingerprint density at radius 3 is 2.82 bits per heavy atom. The summed E-state index contributed by atoms with van der Waals surface area (Å²) in [7, 11) is 0. The molecule has 0 saturated heterocycles. The third-order valence-corrected chi connectivity index (χ3v) is 2.56. The van der Waals surface area contributed by atoms with Gasteiger partial charge in [0.25, 0.3) is 0 Å². The van der Waals surface area contributed by atoms with Crippen LogP contribution in [0.5, 0.6) is 11.5 Å². The molecular weight excluding hydrogens is 218 g/mol. The zero-order valence-corrected chi connectivity index (χ0v) is 9.44. The third-order valence-electron chi connectivity index (χ3n) is 2.56. The molecule has 4 heteroatoms. The standard InChI is InChI=1S/C13H13NO3/c14-6-2-1-3-11(15)10-4-5-12-13(9-10)17-8-7-16-12/h4-5,9H,1-3,7-8H2. The van der Waals surface area contributed by atoms with Crippen LogP contribution in [-0.4, -0.2) is 19.0 Å². The molecule has 0 fully saturated rings. The minimum Gasteiger partial charge on any atom is -0.486 e. The monoisotopic (exact) mass is 231 g/mol. The van der Waals surface area contributed by atoms with Crippen LogP contribution in [0, 0.1) is 11.3 Å². The summed E-state index contributed by atoms with van der Waals surface area (Å²) in [6.45, 7) is 1.06. The first kappa shape index (κ1) is 11.5. The molecular formula is C13H13NO3. The summed E-state index contributed by atoms with van der Waals surface area (Å²) in [6.07, 6.45) is 1.41. The summed E-state index contributed by atoms with van der Waals surface area (Å²) in [6, 6.07) is 7.23. The molecule has 88 valence electrons. The van der Waals surface area contributed by atoms with Gasteiger partial charge in [-0.1, -0.05) is 0 Å². The predicted octanol–water partition coefficient (Wildman–Crippen LogP) is 2.33. The largest absolute Gasteiger partial charge is 0.486 e. The molecule has 0 unspecified atom stereocenters. The highest BCUT2D eigenvalue weighted by Crippen LogP contribution is 2.31. The van der Waals surface area contributed by atoms with E-state index in [1.807, 2.05) is 6.07 Å². The number of ketones is 1. The Bertz CT molecular complexity index is 462. The van der Waals surface area contributed by atoms with Gasteiger partial charge in [0.1, 0.15) is 13.2 Å². The van der Waals surface area contributed by atoms with E-state index in [4.69, 9.17) is 14.7 Å². The zero-order chi connectivity index (χ0) is 12.1. The number of fused-ring (bicyclic) bond motifs is 1. The van der Waals surface area contributed by atoms with E-state index >= 15 is 0 Å². The topological polar surface area (TPSA) is 59.3 Å². The third kappa shape index (κ3) is 2.76. The maximum Gasteiger partial charge on any atom is 0.163 e. The molecule has 0 aliphatic carbocycles. The predicted molar refractivity (Wildman–Crippen MR) is 61.2 cm³/mol. The number of benzene rings is 1. The van der Waals surface area contributed by atoms with Crippen molar-refractivity contribution >= 4 is 5.78 Å². The lowest BCUT2D eigenvalue weighted by Gasteiger charge is -2.18. The molecule has 1 aromatic carbocycles. The van der Waals surface area contributed by atoms with Crippen LogP contribution in [0.25, 0.3) is 0 Å². The van der Waals surface area contributed by atoms with E-state index < -0.39 is 0 Å². The fraction of sp³-hybridized carbons (Fsp3) is 0.385. The number of carbonyl (C=O) groups excluding carboxylic acids is 1. The minimum atomic E-state index is 0.0391. The van der Waals surface area contributed by atoms with Crippen LogP contribution in [-0.2, 0) is 0 Å². The molecule has 1 aromatic rings. The highest BCUT2D eigenvalue weighted by Gasteiger charge is 2.14. The zero-order valence-electron chi connectivity index (χ0n) is 9.44. The van der Waals surface area contributed by atoms with Crippen molar-refractivity contribution in [3.8, 4) is 17.6 Å². The fourth-order valence-corrected chi connectivity index (χ4v) is 1.69. The molecule has 0 amide bonds. The van der Waals surface area contributed by atoms with E-state index in [9.17, 15) is 4.79 Å². The number of carbonyl (C=O) groups is 1. The fourth-order valence-electron chi connectivity index (χ4n) is 1.69. The van der Waals surface area contributed by atoms with Crippen molar-refractivity contribution in [2.24, 2.45) is 0 Å². The second-order valence-corrected chi connectivity index (χ2v) is 3.79. The van der Waals surface area contributed by atoms with Gasteiger partial charge in [-0.15, -0.1) is 0 Å². The van der Waals surface area contributed by atoms with Gasteiger partial charge in [0.15, 0.2) is 17.3 Å². The number of nitrogens with zero attached hydrogens (tertiary/aromatic N) is 1. The molecule has 0 radical (unpaired) electrons. The maximum absolute atomic E-state index is 11.8. The first-order chi connectivity index (χ1) is 8.31. The molecule has 0 bridgehead atoms. The lowest BCUT2D eigenvalue weighted by atomic mass is 10.1. The summed E-state index contributed by atoms with van der Waals surface area (Å²) in [5.74, 6) is 1.35. The molecule has 0 atom stereocenters. The van der Waals surface area contributed by atoms with Crippen LogP contribution in [0.1, 0.15) is 29.6 Å². The summed E-state index contributed by atoms with van der Waals surface area (Å²) in [4.78, 5) is 11.8. The molecule has 0 aromatic heterocycles. The molecule has 0 saturated carbocycles. The molecule has 4 nitrogen and oxygen atoms in total. The van der Waals surface area contributed by atoms with Gasteiger partial charge in [-0.2, -0.15) is 5.26 Å². The lowest BCUT2D eigenvalue weighted by molar-refractivity contribution is 0.0979. The molecule has 0 N–H and O–H groups in total. The van der Waals surface area contributed by atoms with Crippen molar-refractivity contribution in [1.29, 1.82) is 5.26 Å². The van der Waals surface area contributed by atoms with Gasteiger partial charge in [0, 0.05) is 18.4 Å². The average Bonchev–Trinajstić information content (AvgIpc) is 2.38. The van der Waals surface area contributed by atoms with E-state index in [-0.39, 0.29) is 5.78 Å². The Balaban J connectivity index is 2.06. The van der Waals surface area contributed by atoms with E-state index in [0.29, 0.717) is 49.5 Å². The Morgan fingerprint density at radius 1 is 1.29 bits per heavy atom. The van der Waals surface area contributed by atoms with Gasteiger partial charge >= 0.3 is 0 Å². The van der Waals surface area contributed by atoms with Crippen LogP contribution >= 0.6 is 0 Å². The van der Waals surface area contributed by atoms with Crippen molar-refractivity contribution in [3.63, 3.8) is 0 Å². The number of ether oxygens (including phenoxy) is 2. The van der Waals surface area contributed by atoms with Crippen LogP contribution < -0.4 is 9.47 Å². The Morgan fingerprint density at radius 2 is 2.06 bits per heavy atom. The van der Waals surface area contributed by atoms with Crippen molar-refractivity contribution in [1.82, 2.24) is 0 Å². The van der Waals surface area contributed by atoms with E-state index in [1.165, 1.54) is 0 Å². The van der Waals surface area contributed by atoms with Crippen molar-refractivity contribution in [2.45, 2.75) is 19.3 Å². The van der Waals surface area contributed by atoms with Gasteiger partial charge in [-0.25, -0.2) is 0 Å². The van der Waals surface area contributed by atoms with Crippen molar-refractivity contribution in [2.75, 3.05) is 13.2 Å². The molecule has 17 heavy (non-hydrogen) atoms. The number of nitriles is 1. The average molecular weight is 231 g/mol. The van der Waals surface area contributed by atoms with E-state index in [0.717, 1.165) is 0 Å². The minimum absolute atomic E-state index is 0.0391. The number of hydrogen-bond acceptors (Lipinski definition) is 4. The summed E-state index contributed by atoms with van der Waals surface area (Å²) < 4.78 is 10.8. The second kappa shape index (κ2) is 5.35. The molecule has 0 spiro atoms. The molecule has 1 heterocycles. The first-order valence-corrected chi connectivity index (χ1v) is 5.61. The lowest BCUT2D eigenvalue weighted by Crippen LogP contribution is -2.15. The smallest absolute Gasteiger partial charge is 0.163 e. The second-order valence-electron chi connectivity index (χ2n) is 3.79. The van der Waals surface area contributed by atoms with Gasteiger partial charge in [0.2, 0.25) is 0 Å². The van der Waals surface area contributed by atoms with Crippen molar-refractivity contribution < 1.29 is 14.3 Å².